The summed E-state index contributed by atoms with van der Waals surface area (Å²) in [6, 6.07) is 4.16. The minimum atomic E-state index is -2.53. The van der Waals surface area contributed by atoms with Gasteiger partial charge in [-0.1, -0.05) is 11.6 Å². The van der Waals surface area contributed by atoms with Crippen LogP contribution in [0.1, 0.15) is 11.3 Å². The first-order valence-electron chi connectivity index (χ1n) is 3.78. The molecule has 0 atom stereocenters. The van der Waals surface area contributed by atoms with Gasteiger partial charge in [0.05, 0.1) is 14.6 Å². The summed E-state index contributed by atoms with van der Waals surface area (Å²) in [7, 11) is 0. The number of alkyl halides is 2. The van der Waals surface area contributed by atoms with E-state index in [9.17, 15) is 13.9 Å². The normalized spacial score (nSPS) is 11.4. The highest BCUT2D eigenvalue weighted by molar-refractivity contribution is 7.19. The Labute approximate surface area is 87.5 Å². The smallest absolute Gasteiger partial charge is 0.272 e. The second-order valence-corrected chi connectivity index (χ2v) is 4.25. The highest BCUT2D eigenvalue weighted by Gasteiger charge is 2.14. The van der Waals surface area contributed by atoms with E-state index >= 15 is 0 Å². The van der Waals surface area contributed by atoms with Crippen LogP contribution in [0.4, 0.5) is 8.78 Å². The van der Waals surface area contributed by atoms with E-state index in [4.69, 9.17) is 11.6 Å². The van der Waals surface area contributed by atoms with Gasteiger partial charge >= 0.3 is 0 Å². The number of halogens is 3. The number of fused-ring (bicyclic) bond motifs is 1. The third-order valence-electron chi connectivity index (χ3n) is 1.85. The number of hydrogen-bond donors (Lipinski definition) is 1. The van der Waals surface area contributed by atoms with Gasteiger partial charge in [0.15, 0.2) is 0 Å². The van der Waals surface area contributed by atoms with Crippen LogP contribution in [0.3, 0.4) is 0 Å². The summed E-state index contributed by atoms with van der Waals surface area (Å²) in [4.78, 5) is -0.0802. The van der Waals surface area contributed by atoms with E-state index in [1.54, 1.807) is 0 Å². The van der Waals surface area contributed by atoms with Crippen molar-refractivity contribution in [3.05, 3.63) is 28.1 Å². The molecule has 1 N–H and O–H groups in total. The topological polar surface area (TPSA) is 20.2 Å². The van der Waals surface area contributed by atoms with Crippen LogP contribution in [-0.4, -0.2) is 5.11 Å². The Morgan fingerprint density at radius 3 is 2.64 bits per heavy atom. The van der Waals surface area contributed by atoms with E-state index in [0.717, 1.165) is 11.3 Å². The van der Waals surface area contributed by atoms with Crippen LogP contribution in [0.5, 0.6) is 5.75 Å². The van der Waals surface area contributed by atoms with Gasteiger partial charge in [0.2, 0.25) is 0 Å². The van der Waals surface area contributed by atoms with Gasteiger partial charge < -0.3 is 5.11 Å². The SMILES string of the molecule is Oc1ccc(Cl)c2sc(C(F)F)cc12. The molecule has 0 saturated carbocycles. The monoisotopic (exact) mass is 234 g/mol. The molecule has 0 radical (unpaired) electrons. The Hall–Kier alpha value is -0.870. The first kappa shape index (κ1) is 9.68. The molecule has 0 fully saturated rings. The molecular formula is C9H5ClF2OS. The van der Waals surface area contributed by atoms with Crippen molar-refractivity contribution >= 4 is 33.0 Å². The number of hydrogen-bond acceptors (Lipinski definition) is 2. The largest absolute Gasteiger partial charge is 0.507 e. The zero-order valence-electron chi connectivity index (χ0n) is 6.80. The van der Waals surface area contributed by atoms with Crippen LogP contribution in [0.15, 0.2) is 18.2 Å². The molecule has 1 nitrogen and oxygen atoms in total. The molecule has 5 heteroatoms. The fourth-order valence-corrected chi connectivity index (χ4v) is 2.42. The summed E-state index contributed by atoms with van der Waals surface area (Å²) in [6.07, 6.45) is -2.53. The molecule has 74 valence electrons. The van der Waals surface area contributed by atoms with E-state index in [1.807, 2.05) is 0 Å². The number of phenolic OH excluding ortho intramolecular Hbond substituents is 1. The van der Waals surface area contributed by atoms with Crippen LogP contribution in [0.25, 0.3) is 10.1 Å². The van der Waals surface area contributed by atoms with Crippen molar-refractivity contribution in [3.63, 3.8) is 0 Å². The Morgan fingerprint density at radius 2 is 2.07 bits per heavy atom. The molecule has 1 aromatic heterocycles. The minimum Gasteiger partial charge on any atom is -0.507 e. The Morgan fingerprint density at radius 1 is 1.36 bits per heavy atom. The summed E-state index contributed by atoms with van der Waals surface area (Å²) in [5, 5.41) is 10.2. The van der Waals surface area contributed by atoms with E-state index in [0.29, 0.717) is 15.1 Å². The van der Waals surface area contributed by atoms with Gasteiger partial charge in [0.25, 0.3) is 6.43 Å². The molecule has 1 heterocycles. The Kier molecular flexibility index (Phi) is 2.33. The minimum absolute atomic E-state index is 0.0208. The average molecular weight is 235 g/mol. The summed E-state index contributed by atoms with van der Waals surface area (Å²) in [6.45, 7) is 0. The lowest BCUT2D eigenvalue weighted by Crippen LogP contribution is -1.72. The fraction of sp³-hybridized carbons (Fsp3) is 0.111. The molecule has 0 bridgehead atoms. The maximum Gasteiger partial charge on any atom is 0.272 e. The van der Waals surface area contributed by atoms with Gasteiger partial charge in [-0.15, -0.1) is 11.3 Å². The van der Waals surface area contributed by atoms with Crippen LogP contribution in [0, 0.1) is 0 Å². The van der Waals surface area contributed by atoms with Crippen molar-refractivity contribution in [1.29, 1.82) is 0 Å². The van der Waals surface area contributed by atoms with Crippen molar-refractivity contribution in [2.24, 2.45) is 0 Å². The zero-order chi connectivity index (χ0) is 10.3. The third-order valence-corrected chi connectivity index (χ3v) is 3.45. The maximum atomic E-state index is 12.4. The second-order valence-electron chi connectivity index (χ2n) is 2.76. The summed E-state index contributed by atoms with van der Waals surface area (Å²) >= 11 is 6.71. The fourth-order valence-electron chi connectivity index (χ4n) is 1.20. The Balaban J connectivity index is 2.75. The number of thiophene rings is 1. The third kappa shape index (κ3) is 1.44. The van der Waals surface area contributed by atoms with Crippen molar-refractivity contribution in [1.82, 2.24) is 0 Å². The number of aromatic hydroxyl groups is 1. The number of phenols is 1. The van der Waals surface area contributed by atoms with Crippen LogP contribution < -0.4 is 0 Å². The molecule has 0 unspecified atom stereocenters. The highest BCUT2D eigenvalue weighted by Crippen LogP contribution is 2.40. The molecule has 0 aliphatic rings. The maximum absolute atomic E-state index is 12.4. The van der Waals surface area contributed by atoms with Crippen molar-refractivity contribution in [2.75, 3.05) is 0 Å². The van der Waals surface area contributed by atoms with Crippen molar-refractivity contribution in [2.45, 2.75) is 6.43 Å². The average Bonchev–Trinajstić information content (AvgIpc) is 2.57. The summed E-state index contributed by atoms with van der Waals surface area (Å²) in [5.74, 6) is -0.0208. The highest BCUT2D eigenvalue weighted by atomic mass is 35.5. The molecule has 0 aliphatic carbocycles. The van der Waals surface area contributed by atoms with Crippen LogP contribution in [0.2, 0.25) is 5.02 Å². The molecular weight excluding hydrogens is 230 g/mol. The van der Waals surface area contributed by atoms with Crippen molar-refractivity contribution < 1.29 is 13.9 Å². The van der Waals surface area contributed by atoms with Crippen LogP contribution >= 0.6 is 22.9 Å². The van der Waals surface area contributed by atoms with E-state index in [2.05, 4.69) is 0 Å². The lowest BCUT2D eigenvalue weighted by molar-refractivity contribution is 0.156. The molecule has 2 rings (SSSR count). The number of benzene rings is 1. The first-order chi connectivity index (χ1) is 6.59. The molecule has 0 saturated heterocycles. The number of rotatable bonds is 1. The van der Waals surface area contributed by atoms with Crippen LogP contribution in [-0.2, 0) is 0 Å². The molecule has 1 aromatic carbocycles. The molecule has 14 heavy (non-hydrogen) atoms. The molecule has 0 amide bonds. The first-order valence-corrected chi connectivity index (χ1v) is 4.98. The predicted octanol–water partition coefficient (Wildman–Crippen LogP) is 4.20. The van der Waals surface area contributed by atoms with Gasteiger partial charge in [-0.3, -0.25) is 0 Å². The summed E-state index contributed by atoms with van der Waals surface area (Å²) in [5.41, 5.74) is 0. The summed E-state index contributed by atoms with van der Waals surface area (Å²) < 4.78 is 25.2. The molecule has 0 spiro atoms. The van der Waals surface area contributed by atoms with Gasteiger partial charge in [-0.25, -0.2) is 8.78 Å². The quantitative estimate of drug-likeness (QED) is 0.784. The van der Waals surface area contributed by atoms with Gasteiger partial charge in [-0.2, -0.15) is 0 Å². The lowest BCUT2D eigenvalue weighted by atomic mass is 10.2. The van der Waals surface area contributed by atoms with Gasteiger partial charge in [-0.05, 0) is 18.2 Å². The second kappa shape index (κ2) is 3.37. The zero-order valence-corrected chi connectivity index (χ0v) is 8.37. The van der Waals surface area contributed by atoms with E-state index < -0.39 is 6.43 Å². The van der Waals surface area contributed by atoms with Crippen molar-refractivity contribution in [3.8, 4) is 5.75 Å². The van der Waals surface area contributed by atoms with Gasteiger partial charge in [0.1, 0.15) is 5.75 Å². The van der Waals surface area contributed by atoms with E-state index in [1.165, 1.54) is 18.2 Å². The van der Waals surface area contributed by atoms with Gasteiger partial charge in [0, 0.05) is 5.39 Å². The molecule has 0 aliphatic heterocycles. The standard InChI is InChI=1S/C9H5ClF2OS/c10-5-1-2-6(13)4-3-7(9(11)12)14-8(4)5/h1-3,9,13H. The molecule has 2 aromatic rings. The Bertz CT molecular complexity index is 442. The van der Waals surface area contributed by atoms with E-state index in [-0.39, 0.29) is 10.6 Å². The lowest BCUT2D eigenvalue weighted by Gasteiger charge is -1.95. The predicted molar refractivity (Wildman–Crippen MR) is 53.5 cm³/mol.